The second-order valence-corrected chi connectivity index (χ2v) is 31.2. The second-order valence-electron chi connectivity index (χ2n) is 26.9. The van der Waals surface area contributed by atoms with Crippen molar-refractivity contribution in [3.63, 3.8) is 0 Å². The molecule has 4 aromatic rings. The number of aliphatic hydroxyl groups excluding tert-OH is 1. The summed E-state index contributed by atoms with van der Waals surface area (Å²) in [5.74, 6) is 6.64. The molecule has 4 saturated carbocycles. The number of aliphatic hydroxyl groups is 1. The fourth-order valence-corrected chi connectivity index (χ4v) is 17.6. The Labute approximate surface area is 465 Å². The molecule has 426 valence electrons. The van der Waals surface area contributed by atoms with Crippen LogP contribution in [0.4, 0.5) is 0 Å². The molecule has 0 aliphatic heterocycles. The van der Waals surface area contributed by atoms with Gasteiger partial charge in [-0.1, -0.05) is 145 Å². The first-order valence-corrected chi connectivity index (χ1v) is 32.3. The number of benzene rings is 2. The van der Waals surface area contributed by atoms with Crippen molar-refractivity contribution >= 4 is 30.6 Å². The van der Waals surface area contributed by atoms with Crippen LogP contribution in [0.1, 0.15) is 275 Å². The smallest absolute Gasteiger partial charge is 0.306 e. The Bertz CT molecular complexity index is 2400. The molecule has 2 aromatic carbocycles. The van der Waals surface area contributed by atoms with E-state index in [0.29, 0.717) is 43.1 Å². The summed E-state index contributed by atoms with van der Waals surface area (Å²) < 4.78 is 30.9. The summed E-state index contributed by atoms with van der Waals surface area (Å²) in [4.78, 5) is 25.9. The number of nitrogens with zero attached hydrogens (tertiary/aromatic N) is 2. The Morgan fingerprint density at radius 1 is 0.584 bits per heavy atom. The Balaban J connectivity index is 0.000000247. The molecule has 77 heavy (non-hydrogen) atoms. The molecular formula is C66H100N2O8Si. The first-order valence-electron chi connectivity index (χ1n) is 30.4. The van der Waals surface area contributed by atoms with Crippen LogP contribution < -0.4 is 10.4 Å². The van der Waals surface area contributed by atoms with Crippen molar-refractivity contribution in [3.05, 3.63) is 94.7 Å². The van der Waals surface area contributed by atoms with E-state index in [-0.39, 0.29) is 48.3 Å². The summed E-state index contributed by atoms with van der Waals surface area (Å²) in [7, 11) is -2.72. The monoisotopic (exact) mass is 1080 g/mol. The van der Waals surface area contributed by atoms with E-state index in [4.69, 9.17) is 28.1 Å². The van der Waals surface area contributed by atoms with Crippen LogP contribution in [0.3, 0.4) is 0 Å². The van der Waals surface area contributed by atoms with Gasteiger partial charge in [-0.15, -0.1) is 0 Å². The average molecular weight is 1080 g/mol. The van der Waals surface area contributed by atoms with Crippen LogP contribution >= 0.6 is 0 Å². The zero-order valence-corrected chi connectivity index (χ0v) is 50.9. The lowest BCUT2D eigenvalue weighted by Gasteiger charge is -2.43. The van der Waals surface area contributed by atoms with Crippen molar-refractivity contribution < 1.29 is 37.6 Å². The van der Waals surface area contributed by atoms with Gasteiger partial charge in [-0.3, -0.25) is 9.59 Å². The number of esters is 2. The van der Waals surface area contributed by atoms with E-state index in [0.717, 1.165) is 46.6 Å². The molecule has 2 heterocycles. The largest absolute Gasteiger partial charge is 0.460 e. The van der Waals surface area contributed by atoms with Crippen LogP contribution in [0.5, 0.6) is 0 Å². The molecule has 8 rings (SSSR count). The molecule has 11 heteroatoms. The molecule has 10 nitrogen and oxygen atoms in total. The number of hydrogen-bond donors (Lipinski definition) is 1. The van der Waals surface area contributed by atoms with Crippen LogP contribution in [0, 0.1) is 23.7 Å². The topological polar surface area (TPSA) is 134 Å². The molecule has 0 bridgehead atoms. The van der Waals surface area contributed by atoms with Gasteiger partial charge in [0, 0.05) is 48.0 Å². The highest BCUT2D eigenvalue weighted by molar-refractivity contribution is 6.99. The minimum atomic E-state index is -2.72. The van der Waals surface area contributed by atoms with Gasteiger partial charge < -0.3 is 28.1 Å². The molecule has 4 aliphatic rings. The Kier molecular flexibility index (Phi) is 20.8. The van der Waals surface area contributed by atoms with Gasteiger partial charge in [0.2, 0.25) is 0 Å². The highest BCUT2D eigenvalue weighted by Gasteiger charge is 2.51. The van der Waals surface area contributed by atoms with E-state index < -0.39 is 19.5 Å². The molecule has 0 saturated heterocycles. The lowest BCUT2D eigenvalue weighted by atomic mass is 9.68. The van der Waals surface area contributed by atoms with E-state index in [1.165, 1.54) is 111 Å². The van der Waals surface area contributed by atoms with Crippen molar-refractivity contribution in [2.24, 2.45) is 23.7 Å². The number of aromatic nitrogens is 2. The highest BCUT2D eigenvalue weighted by Crippen LogP contribution is 2.55. The summed E-state index contributed by atoms with van der Waals surface area (Å²) in [6.07, 6.45) is 18.9. The zero-order valence-electron chi connectivity index (χ0n) is 49.9. The van der Waals surface area contributed by atoms with Crippen LogP contribution in [0.25, 0.3) is 0 Å². The van der Waals surface area contributed by atoms with Gasteiger partial charge in [0.1, 0.15) is 22.7 Å². The van der Waals surface area contributed by atoms with Gasteiger partial charge >= 0.3 is 11.9 Å². The number of ether oxygens (including phenoxy) is 2. The number of carbonyl (C=O) groups excluding carboxylic acids is 2. The van der Waals surface area contributed by atoms with Crippen molar-refractivity contribution in [1.82, 2.24) is 10.3 Å². The molecule has 2 unspecified atom stereocenters. The van der Waals surface area contributed by atoms with Crippen molar-refractivity contribution in [2.75, 3.05) is 13.2 Å². The molecule has 0 spiro atoms. The summed E-state index contributed by atoms with van der Waals surface area (Å²) in [5, 5.41) is 21.3. The van der Waals surface area contributed by atoms with Crippen LogP contribution in [-0.2, 0) is 23.5 Å². The Hall–Kier alpha value is -4.06. The maximum atomic E-state index is 13.4. The van der Waals surface area contributed by atoms with Crippen LogP contribution in [-0.4, -0.2) is 60.1 Å². The third-order valence-electron chi connectivity index (χ3n) is 17.5. The normalized spacial score (nSPS) is 20.7. The SMILES string of the molecule is CCC(CC)CC1CC(c2onc(C(CCO)CC(=O)OC(C)(C)C)c2C2CC2)C1.CCC(CC)CC1CC(c2onc(C(CCO[Si](c3ccccc3)(c3ccccc3)C(C)(C)C)CC(=O)OC(C)(C)C)c2C2CC2)C1. The standard InChI is InChI=1S/C41H59NO4Si.C25H41NO4/c1-9-29(10-2)25-30-26-33(27-30)39-37(31-21-22-31)38(42-46-39)32(28-36(43)45-40(3,4)5)23-24-44-47(41(6,7)8,34-17-13-11-14-18-34)35-19-15-12-16-20-35;1-6-16(7-2)12-17-13-20(14-17)24-22(18-8-9-18)23(26-30-24)19(10-11-27)15-21(28)29-25(3,4)5/h11-20,29-33H,9-10,21-28H2,1-8H3;16-20,27H,6-15H2,1-5H3. The molecule has 1 N–H and O–H groups in total. The third-order valence-corrected chi connectivity index (χ3v) is 22.6. The quantitative estimate of drug-likeness (QED) is 0.0478. The first kappa shape index (κ1) is 60.6. The summed E-state index contributed by atoms with van der Waals surface area (Å²) in [6, 6.07) is 21.5. The molecule has 0 amide bonds. The van der Waals surface area contributed by atoms with E-state index in [2.05, 4.69) is 114 Å². The summed E-state index contributed by atoms with van der Waals surface area (Å²) in [5.41, 5.74) is 3.37. The Morgan fingerprint density at radius 2 is 0.961 bits per heavy atom. The predicted molar refractivity (Wildman–Crippen MR) is 312 cm³/mol. The maximum Gasteiger partial charge on any atom is 0.306 e. The maximum absolute atomic E-state index is 13.4. The van der Waals surface area contributed by atoms with Crippen molar-refractivity contribution in [1.29, 1.82) is 0 Å². The fourth-order valence-electron chi connectivity index (χ4n) is 13.0. The molecular weight excluding hydrogens is 977 g/mol. The Morgan fingerprint density at radius 3 is 1.29 bits per heavy atom. The minimum absolute atomic E-state index is 0.0285. The predicted octanol–water partition coefficient (Wildman–Crippen LogP) is 15.7. The number of hydrogen-bond acceptors (Lipinski definition) is 10. The van der Waals surface area contributed by atoms with Crippen molar-refractivity contribution in [3.8, 4) is 0 Å². The summed E-state index contributed by atoms with van der Waals surface area (Å²) in [6.45, 7) is 28.1. The van der Waals surface area contributed by atoms with Crippen LogP contribution in [0.2, 0.25) is 5.04 Å². The molecule has 4 aliphatic carbocycles. The van der Waals surface area contributed by atoms with E-state index >= 15 is 0 Å². The van der Waals surface area contributed by atoms with Crippen molar-refractivity contribution in [2.45, 2.75) is 257 Å². The van der Waals surface area contributed by atoms with Gasteiger partial charge in [-0.05, 0) is 170 Å². The van der Waals surface area contributed by atoms with Gasteiger partial charge in [-0.2, -0.15) is 0 Å². The number of rotatable bonds is 26. The van der Waals surface area contributed by atoms with Gasteiger partial charge in [-0.25, -0.2) is 0 Å². The first-order chi connectivity index (χ1) is 36.6. The van der Waals surface area contributed by atoms with Gasteiger partial charge in [0.05, 0.1) is 24.2 Å². The van der Waals surface area contributed by atoms with E-state index in [9.17, 15) is 14.7 Å². The zero-order chi connectivity index (χ0) is 55.7. The van der Waals surface area contributed by atoms with Crippen LogP contribution in [0.15, 0.2) is 69.7 Å². The van der Waals surface area contributed by atoms with Gasteiger partial charge in [0.15, 0.2) is 0 Å². The average Bonchev–Trinajstić information content (AvgIpc) is 4.33. The number of carbonyl (C=O) groups is 2. The van der Waals surface area contributed by atoms with E-state index in [1.54, 1.807) is 0 Å². The third kappa shape index (κ3) is 15.9. The van der Waals surface area contributed by atoms with E-state index in [1.807, 2.05) is 41.5 Å². The fraction of sp³-hybridized carbons (Fsp3) is 0.697. The molecule has 0 radical (unpaired) electrons. The van der Waals surface area contributed by atoms with Gasteiger partial charge in [0.25, 0.3) is 8.32 Å². The summed E-state index contributed by atoms with van der Waals surface area (Å²) >= 11 is 0. The lowest BCUT2D eigenvalue weighted by Crippen LogP contribution is -2.66. The molecule has 4 fully saturated rings. The second kappa shape index (κ2) is 26.5. The molecule has 2 atom stereocenters. The highest BCUT2D eigenvalue weighted by atomic mass is 28.4. The lowest BCUT2D eigenvalue weighted by molar-refractivity contribution is -0.156. The molecule has 2 aromatic heterocycles. The minimum Gasteiger partial charge on any atom is -0.460 e.